The number of benzene rings is 4. The van der Waals surface area contributed by atoms with E-state index in [1.54, 1.807) is 14.2 Å². The number of methoxy groups -OCH3 is 2. The zero-order valence-corrected chi connectivity index (χ0v) is 22.2. The summed E-state index contributed by atoms with van der Waals surface area (Å²) in [5.41, 5.74) is 2.35. The average molecular weight is 509 g/mol. The van der Waals surface area contributed by atoms with Gasteiger partial charge in [0.25, 0.3) is 0 Å². The van der Waals surface area contributed by atoms with Crippen LogP contribution in [0.1, 0.15) is 36.8 Å². The van der Waals surface area contributed by atoms with Crippen LogP contribution >= 0.6 is 0 Å². The lowest BCUT2D eigenvalue weighted by atomic mass is 9.97. The van der Waals surface area contributed by atoms with Crippen LogP contribution in [0.2, 0.25) is 0 Å². The molecule has 2 heterocycles. The van der Waals surface area contributed by atoms with Gasteiger partial charge in [0, 0.05) is 0 Å². The molecule has 6 nitrogen and oxygen atoms in total. The molecular formula is C32H32N2O4. The molecule has 0 unspecified atom stereocenters. The highest BCUT2D eigenvalue weighted by atomic mass is 16.5. The molecule has 2 aliphatic heterocycles. The zero-order valence-electron chi connectivity index (χ0n) is 22.2. The highest BCUT2D eigenvalue weighted by molar-refractivity contribution is 5.90. The van der Waals surface area contributed by atoms with Crippen molar-refractivity contribution in [1.29, 1.82) is 0 Å². The minimum Gasteiger partial charge on any atom is -0.497 e. The summed E-state index contributed by atoms with van der Waals surface area (Å²) in [6, 6.07) is 25.1. The van der Waals surface area contributed by atoms with Crippen LogP contribution in [0.3, 0.4) is 0 Å². The van der Waals surface area contributed by atoms with Crippen molar-refractivity contribution in [2.45, 2.75) is 37.8 Å². The molecule has 0 N–H and O–H groups in total. The van der Waals surface area contributed by atoms with Crippen molar-refractivity contribution < 1.29 is 18.9 Å². The van der Waals surface area contributed by atoms with E-state index in [1.807, 2.05) is 12.1 Å². The molecule has 4 aromatic rings. The second-order valence-corrected chi connectivity index (χ2v) is 10.1. The third-order valence-corrected chi connectivity index (χ3v) is 7.72. The van der Waals surface area contributed by atoms with E-state index < -0.39 is 0 Å². The maximum atomic E-state index is 6.09. The smallest absolute Gasteiger partial charge is 0.191 e. The minimum atomic E-state index is -0.0362. The second-order valence-electron chi connectivity index (χ2n) is 10.1. The standard InChI is InChI=1S/C32H32N2O4/c1-19(21-5-7-25-15-27(35-3)11-9-23(25)13-21)31-33-29(17-37-31)30-18-38-32(34-30)20(2)22-6-8-26-16-28(36-4)12-10-24(26)14-22/h5-16,19-20,29-30H,17-18H2,1-4H3/t19-,20-,29+,30+/m1/s1. The van der Waals surface area contributed by atoms with Gasteiger partial charge in [0.05, 0.1) is 26.1 Å². The third kappa shape index (κ3) is 4.55. The molecule has 0 saturated heterocycles. The Balaban J connectivity index is 1.16. The fraction of sp³-hybridized carbons (Fsp3) is 0.312. The van der Waals surface area contributed by atoms with Gasteiger partial charge in [-0.3, -0.25) is 0 Å². The molecule has 0 fully saturated rings. The van der Waals surface area contributed by atoms with Crippen LogP contribution in [-0.2, 0) is 9.47 Å². The summed E-state index contributed by atoms with van der Waals surface area (Å²) in [5, 5.41) is 4.64. The first-order valence-corrected chi connectivity index (χ1v) is 13.1. The number of hydrogen-bond donors (Lipinski definition) is 0. The van der Waals surface area contributed by atoms with Gasteiger partial charge in [-0.2, -0.15) is 0 Å². The minimum absolute atomic E-state index is 0.0362. The SMILES string of the molecule is COc1ccc2cc([C@@H](C)C3=N[C@H]([C@@H]4COC([C@H](C)c5ccc6cc(OC)ccc6c5)=N4)CO3)ccc2c1. The van der Waals surface area contributed by atoms with Crippen molar-refractivity contribution in [3.05, 3.63) is 83.9 Å². The molecule has 38 heavy (non-hydrogen) atoms. The quantitative estimate of drug-likeness (QED) is 0.285. The summed E-state index contributed by atoms with van der Waals surface area (Å²) in [4.78, 5) is 9.91. The van der Waals surface area contributed by atoms with Crippen molar-refractivity contribution >= 4 is 33.3 Å². The van der Waals surface area contributed by atoms with E-state index >= 15 is 0 Å². The summed E-state index contributed by atoms with van der Waals surface area (Å²) in [6.07, 6.45) is 0. The lowest BCUT2D eigenvalue weighted by Gasteiger charge is -2.12. The lowest BCUT2D eigenvalue weighted by molar-refractivity contribution is 0.256. The van der Waals surface area contributed by atoms with E-state index in [0.717, 1.165) is 34.1 Å². The molecule has 2 aliphatic rings. The monoisotopic (exact) mass is 508 g/mol. The van der Waals surface area contributed by atoms with Crippen LogP contribution in [0.25, 0.3) is 21.5 Å². The van der Waals surface area contributed by atoms with E-state index in [9.17, 15) is 0 Å². The van der Waals surface area contributed by atoms with Gasteiger partial charge in [0.15, 0.2) is 11.8 Å². The number of ether oxygens (including phenoxy) is 4. The van der Waals surface area contributed by atoms with Crippen LogP contribution in [0, 0.1) is 0 Å². The average Bonchev–Trinajstić information content (AvgIpc) is 3.66. The van der Waals surface area contributed by atoms with Crippen molar-refractivity contribution in [1.82, 2.24) is 0 Å². The van der Waals surface area contributed by atoms with Gasteiger partial charge < -0.3 is 18.9 Å². The third-order valence-electron chi connectivity index (χ3n) is 7.72. The first-order chi connectivity index (χ1) is 18.5. The summed E-state index contributed by atoms with van der Waals surface area (Å²) in [7, 11) is 3.38. The molecule has 0 bridgehead atoms. The first-order valence-electron chi connectivity index (χ1n) is 13.1. The normalized spacial score (nSPS) is 20.4. The molecule has 6 heteroatoms. The summed E-state index contributed by atoms with van der Waals surface area (Å²) >= 11 is 0. The molecule has 6 rings (SSSR count). The highest BCUT2D eigenvalue weighted by Crippen LogP contribution is 2.31. The Morgan fingerprint density at radius 3 is 1.42 bits per heavy atom. The topological polar surface area (TPSA) is 61.6 Å². The molecule has 0 spiro atoms. The predicted molar refractivity (Wildman–Crippen MR) is 152 cm³/mol. The molecule has 4 aromatic carbocycles. The maximum absolute atomic E-state index is 6.09. The van der Waals surface area contributed by atoms with Crippen molar-refractivity contribution in [2.75, 3.05) is 27.4 Å². The van der Waals surface area contributed by atoms with E-state index in [0.29, 0.717) is 13.2 Å². The molecule has 0 aliphatic carbocycles. The molecule has 0 amide bonds. The number of rotatable bonds is 7. The fourth-order valence-corrected chi connectivity index (χ4v) is 5.25. The van der Waals surface area contributed by atoms with Crippen LogP contribution in [-0.4, -0.2) is 51.3 Å². The Bertz CT molecular complexity index is 1440. The van der Waals surface area contributed by atoms with E-state index in [1.165, 1.54) is 21.9 Å². The maximum Gasteiger partial charge on any atom is 0.191 e. The van der Waals surface area contributed by atoms with Crippen molar-refractivity contribution in [2.24, 2.45) is 9.98 Å². The Kier molecular flexibility index (Phi) is 6.40. The van der Waals surface area contributed by atoms with Crippen molar-refractivity contribution in [3.63, 3.8) is 0 Å². The van der Waals surface area contributed by atoms with Gasteiger partial charge in [-0.1, -0.05) is 48.5 Å². The molecule has 0 radical (unpaired) electrons. The summed E-state index contributed by atoms with van der Waals surface area (Å²) in [5.74, 6) is 3.38. The predicted octanol–water partition coefficient (Wildman–Crippen LogP) is 6.51. The Morgan fingerprint density at radius 2 is 1.00 bits per heavy atom. The zero-order chi connectivity index (χ0) is 26.2. The molecule has 0 aromatic heterocycles. The summed E-state index contributed by atoms with van der Waals surface area (Å²) < 4.78 is 22.9. The van der Waals surface area contributed by atoms with Crippen LogP contribution < -0.4 is 9.47 Å². The van der Waals surface area contributed by atoms with Crippen LogP contribution in [0.4, 0.5) is 0 Å². The molecular weight excluding hydrogens is 476 g/mol. The molecule has 0 saturated carbocycles. The summed E-state index contributed by atoms with van der Waals surface area (Å²) in [6.45, 7) is 5.34. The Labute approximate surface area is 222 Å². The fourth-order valence-electron chi connectivity index (χ4n) is 5.25. The molecule has 4 atom stereocenters. The van der Waals surface area contributed by atoms with Crippen molar-refractivity contribution in [3.8, 4) is 11.5 Å². The second kappa shape index (κ2) is 10.0. The Morgan fingerprint density at radius 1 is 0.605 bits per heavy atom. The van der Waals surface area contributed by atoms with Crippen LogP contribution in [0.5, 0.6) is 11.5 Å². The van der Waals surface area contributed by atoms with E-state index in [2.05, 4.69) is 74.5 Å². The van der Waals surface area contributed by atoms with Crippen LogP contribution in [0.15, 0.2) is 82.8 Å². The van der Waals surface area contributed by atoms with E-state index in [4.69, 9.17) is 28.9 Å². The number of nitrogens with zero attached hydrogens (tertiary/aromatic N) is 2. The Hall–Kier alpha value is -4.06. The highest BCUT2D eigenvalue weighted by Gasteiger charge is 2.35. The van der Waals surface area contributed by atoms with Gasteiger partial charge in [0.1, 0.15) is 36.8 Å². The number of aliphatic imine (C=N–C) groups is 2. The first kappa shape index (κ1) is 24.3. The number of fused-ring (bicyclic) bond motifs is 2. The largest absolute Gasteiger partial charge is 0.497 e. The van der Waals surface area contributed by atoms with Gasteiger partial charge in [-0.05, 0) is 70.8 Å². The van der Waals surface area contributed by atoms with Gasteiger partial charge in [-0.15, -0.1) is 0 Å². The van der Waals surface area contributed by atoms with Gasteiger partial charge >= 0.3 is 0 Å². The number of hydrogen-bond acceptors (Lipinski definition) is 6. The molecule has 194 valence electrons. The van der Waals surface area contributed by atoms with E-state index in [-0.39, 0.29) is 23.9 Å². The lowest BCUT2D eigenvalue weighted by Crippen LogP contribution is -2.25. The van der Waals surface area contributed by atoms with Gasteiger partial charge in [0.2, 0.25) is 0 Å². The van der Waals surface area contributed by atoms with Gasteiger partial charge in [-0.25, -0.2) is 9.98 Å².